The Hall–Kier alpha value is -1.99. The fourth-order valence-corrected chi connectivity index (χ4v) is 3.56. The summed E-state index contributed by atoms with van der Waals surface area (Å²) in [6.07, 6.45) is 6.12. The molecule has 1 atom stereocenters. The molecule has 0 aliphatic heterocycles. The molecule has 0 aliphatic carbocycles. The van der Waals surface area contributed by atoms with Crippen molar-refractivity contribution in [1.29, 1.82) is 0 Å². The Morgan fingerprint density at radius 3 is 3.00 bits per heavy atom. The Balaban J connectivity index is 1.68. The Morgan fingerprint density at radius 1 is 1.45 bits per heavy atom. The third-order valence-corrected chi connectivity index (χ3v) is 4.79. The molecule has 0 unspecified atom stereocenters. The highest BCUT2D eigenvalue weighted by atomic mass is 32.1. The maximum absolute atomic E-state index is 12.3. The summed E-state index contributed by atoms with van der Waals surface area (Å²) in [6.45, 7) is 2.18. The molecule has 3 rings (SSSR count). The molecule has 0 aromatic carbocycles. The maximum atomic E-state index is 12.3. The van der Waals surface area contributed by atoms with Crippen molar-refractivity contribution in [3.63, 3.8) is 0 Å². The van der Waals surface area contributed by atoms with Gasteiger partial charge in [0.1, 0.15) is 11.6 Å². The summed E-state index contributed by atoms with van der Waals surface area (Å²) in [5.74, 6) is -0.0569. The van der Waals surface area contributed by atoms with Gasteiger partial charge < -0.3 is 5.32 Å². The van der Waals surface area contributed by atoms with Gasteiger partial charge in [0.05, 0.1) is 12.2 Å². The van der Waals surface area contributed by atoms with Gasteiger partial charge in [-0.3, -0.25) is 9.48 Å². The number of carbonyl (C=O) groups excluding carboxylic acids is 1. The highest BCUT2D eigenvalue weighted by Crippen LogP contribution is 2.21. The zero-order valence-corrected chi connectivity index (χ0v) is 13.7. The van der Waals surface area contributed by atoms with Crippen molar-refractivity contribution in [3.8, 4) is 0 Å². The third kappa shape index (κ3) is 3.80. The molecule has 1 amide bonds. The topological polar surface area (TPSA) is 59.8 Å². The minimum atomic E-state index is -0.0984. The average Bonchev–Trinajstić information content (AvgIpc) is 3.20. The van der Waals surface area contributed by atoms with E-state index < -0.39 is 0 Å². The van der Waals surface area contributed by atoms with Crippen LogP contribution >= 0.6 is 22.7 Å². The largest absolute Gasteiger partial charge is 0.345 e. The molecule has 0 fully saturated rings. The smallest absolute Gasteiger partial charge is 0.242 e. The Morgan fingerprint density at radius 2 is 2.36 bits per heavy atom. The number of aryl methyl sites for hydroxylation is 1. The van der Waals surface area contributed by atoms with Gasteiger partial charge in [-0.25, -0.2) is 4.98 Å². The number of rotatable bonds is 6. The number of nitrogens with one attached hydrogen (secondary N) is 1. The van der Waals surface area contributed by atoms with Crippen molar-refractivity contribution in [2.45, 2.75) is 25.9 Å². The Kier molecular flexibility index (Phi) is 4.65. The molecule has 0 aliphatic rings. The average molecular weight is 332 g/mol. The lowest BCUT2D eigenvalue weighted by atomic mass is 10.1. The summed E-state index contributed by atoms with van der Waals surface area (Å²) in [5, 5.41) is 14.2. The van der Waals surface area contributed by atoms with Gasteiger partial charge in [0.15, 0.2) is 0 Å². The van der Waals surface area contributed by atoms with E-state index in [1.165, 1.54) is 5.56 Å². The van der Waals surface area contributed by atoms with Crippen LogP contribution in [0.1, 0.15) is 22.2 Å². The molecule has 3 heterocycles. The monoisotopic (exact) mass is 332 g/mol. The summed E-state index contributed by atoms with van der Waals surface area (Å²) in [7, 11) is 0. The van der Waals surface area contributed by atoms with Gasteiger partial charge >= 0.3 is 0 Å². The second-order valence-corrected chi connectivity index (χ2v) is 6.75. The summed E-state index contributed by atoms with van der Waals surface area (Å²) in [6, 6.07) is 1.98. The molecule has 3 aromatic rings. The lowest BCUT2D eigenvalue weighted by Crippen LogP contribution is -2.32. The van der Waals surface area contributed by atoms with Crippen LogP contribution in [-0.2, 0) is 17.8 Å². The Bertz CT molecular complexity index is 719. The first-order valence-corrected chi connectivity index (χ1v) is 8.72. The summed E-state index contributed by atoms with van der Waals surface area (Å²) < 4.78 is 1.65. The molecule has 0 saturated carbocycles. The van der Waals surface area contributed by atoms with Crippen molar-refractivity contribution < 1.29 is 4.79 Å². The van der Waals surface area contributed by atoms with E-state index in [9.17, 15) is 4.79 Å². The predicted octanol–water partition coefficient (Wildman–Crippen LogP) is 2.81. The lowest BCUT2D eigenvalue weighted by Gasteiger charge is -2.16. The molecule has 0 saturated heterocycles. The van der Waals surface area contributed by atoms with E-state index in [4.69, 9.17) is 0 Å². The predicted molar refractivity (Wildman–Crippen MR) is 88.0 cm³/mol. The van der Waals surface area contributed by atoms with Crippen LogP contribution in [0.3, 0.4) is 0 Å². The van der Waals surface area contributed by atoms with E-state index in [1.807, 2.05) is 23.9 Å². The summed E-state index contributed by atoms with van der Waals surface area (Å²) in [4.78, 5) is 16.6. The fourth-order valence-electron chi connectivity index (χ4n) is 2.19. The van der Waals surface area contributed by atoms with E-state index in [0.717, 1.165) is 17.0 Å². The van der Waals surface area contributed by atoms with E-state index in [1.54, 1.807) is 39.7 Å². The molecule has 5 nitrogen and oxygen atoms in total. The van der Waals surface area contributed by atoms with Crippen molar-refractivity contribution in [1.82, 2.24) is 20.1 Å². The zero-order chi connectivity index (χ0) is 15.4. The SMILES string of the molecule is Cc1cnn(CC(=O)N[C@H](Cc2ccsc2)c2nccs2)c1. The fraction of sp³-hybridized carbons (Fsp3) is 0.267. The second-order valence-electron chi connectivity index (χ2n) is 5.04. The van der Waals surface area contributed by atoms with Crippen molar-refractivity contribution in [2.75, 3.05) is 0 Å². The van der Waals surface area contributed by atoms with Crippen LogP contribution in [0.25, 0.3) is 0 Å². The summed E-state index contributed by atoms with van der Waals surface area (Å²) >= 11 is 3.22. The van der Waals surface area contributed by atoms with Gasteiger partial charge in [0.2, 0.25) is 5.91 Å². The van der Waals surface area contributed by atoms with Gasteiger partial charge in [0, 0.05) is 24.2 Å². The van der Waals surface area contributed by atoms with Crippen LogP contribution in [0, 0.1) is 6.92 Å². The van der Waals surface area contributed by atoms with E-state index >= 15 is 0 Å². The minimum absolute atomic E-state index is 0.0569. The first-order valence-electron chi connectivity index (χ1n) is 6.89. The molecular weight excluding hydrogens is 316 g/mol. The molecule has 7 heteroatoms. The van der Waals surface area contributed by atoms with Crippen LogP contribution in [-0.4, -0.2) is 20.7 Å². The minimum Gasteiger partial charge on any atom is -0.345 e. The molecule has 114 valence electrons. The van der Waals surface area contributed by atoms with E-state index in [2.05, 4.69) is 26.8 Å². The quantitative estimate of drug-likeness (QED) is 0.755. The first kappa shape index (κ1) is 14.9. The van der Waals surface area contributed by atoms with Crippen molar-refractivity contribution in [3.05, 3.63) is 56.9 Å². The van der Waals surface area contributed by atoms with Crippen molar-refractivity contribution >= 4 is 28.6 Å². The number of nitrogens with zero attached hydrogens (tertiary/aromatic N) is 3. The van der Waals surface area contributed by atoms with Crippen LogP contribution in [0.2, 0.25) is 0 Å². The molecule has 0 spiro atoms. The van der Waals surface area contributed by atoms with Gasteiger partial charge in [0.25, 0.3) is 0 Å². The van der Waals surface area contributed by atoms with Crippen LogP contribution < -0.4 is 5.32 Å². The standard InChI is InChI=1S/C15H16N4OS2/c1-11-7-17-19(8-11)9-14(20)18-13(15-16-3-5-22-15)6-12-2-4-21-10-12/h2-5,7-8,10,13H,6,9H2,1H3,(H,18,20)/t13-/m1/s1. The molecule has 3 aromatic heterocycles. The molecule has 22 heavy (non-hydrogen) atoms. The van der Waals surface area contributed by atoms with Crippen LogP contribution in [0.5, 0.6) is 0 Å². The number of aromatic nitrogens is 3. The normalized spacial score (nSPS) is 12.2. The van der Waals surface area contributed by atoms with Gasteiger partial charge in [-0.1, -0.05) is 0 Å². The molecule has 0 bridgehead atoms. The van der Waals surface area contributed by atoms with Crippen molar-refractivity contribution in [2.24, 2.45) is 0 Å². The van der Waals surface area contributed by atoms with Gasteiger partial charge in [-0.2, -0.15) is 16.4 Å². The van der Waals surface area contributed by atoms with E-state index in [-0.39, 0.29) is 18.5 Å². The summed E-state index contributed by atoms with van der Waals surface area (Å²) in [5.41, 5.74) is 2.25. The third-order valence-electron chi connectivity index (χ3n) is 3.17. The highest BCUT2D eigenvalue weighted by Gasteiger charge is 2.18. The van der Waals surface area contributed by atoms with Gasteiger partial charge in [-0.05, 0) is 34.9 Å². The molecule has 0 radical (unpaired) electrons. The highest BCUT2D eigenvalue weighted by molar-refractivity contribution is 7.09. The lowest BCUT2D eigenvalue weighted by molar-refractivity contribution is -0.122. The van der Waals surface area contributed by atoms with Crippen LogP contribution in [0.15, 0.2) is 40.8 Å². The number of hydrogen-bond acceptors (Lipinski definition) is 5. The number of amides is 1. The Labute approximate surface area is 136 Å². The molecular formula is C15H16N4OS2. The van der Waals surface area contributed by atoms with E-state index in [0.29, 0.717) is 0 Å². The second kappa shape index (κ2) is 6.85. The number of thiazole rings is 1. The van der Waals surface area contributed by atoms with Crippen LogP contribution in [0.4, 0.5) is 0 Å². The maximum Gasteiger partial charge on any atom is 0.242 e. The zero-order valence-electron chi connectivity index (χ0n) is 12.1. The molecule has 1 N–H and O–H groups in total. The number of hydrogen-bond donors (Lipinski definition) is 1. The number of carbonyl (C=O) groups is 1. The first-order chi connectivity index (χ1) is 10.7. The van der Waals surface area contributed by atoms with Gasteiger partial charge in [-0.15, -0.1) is 11.3 Å². The number of thiophene rings is 1.